The molecule has 61 heavy (non-hydrogen) atoms. The first kappa shape index (κ1) is 58.8. The number of carbonyl (C=O) groups excluding carboxylic acids is 2. The Balaban J connectivity index is 3.48. The van der Waals surface area contributed by atoms with E-state index in [1.54, 1.807) is 6.08 Å². The van der Waals surface area contributed by atoms with E-state index in [1.807, 2.05) is 6.08 Å². The maximum Gasteiger partial charge on any atom is 0.305 e. The van der Waals surface area contributed by atoms with Gasteiger partial charge >= 0.3 is 5.97 Å². The highest BCUT2D eigenvalue weighted by Crippen LogP contribution is 2.14. The first-order chi connectivity index (χ1) is 30.0. The molecule has 0 radical (unpaired) electrons. The Morgan fingerprint density at radius 1 is 0.459 bits per heavy atom. The molecule has 0 aliphatic rings. The molecule has 356 valence electrons. The number of carbonyl (C=O) groups is 2. The van der Waals surface area contributed by atoms with Crippen LogP contribution < -0.4 is 5.32 Å². The molecular formula is C55H101NO5. The number of amides is 1. The number of esters is 1. The molecule has 0 rings (SSSR count). The Bertz CT molecular complexity index is 1040. The van der Waals surface area contributed by atoms with Crippen molar-refractivity contribution >= 4 is 11.9 Å². The minimum absolute atomic E-state index is 0.0127. The summed E-state index contributed by atoms with van der Waals surface area (Å²) in [5.74, 6) is -0.101. The van der Waals surface area contributed by atoms with Crippen LogP contribution >= 0.6 is 0 Å². The Morgan fingerprint density at radius 3 is 1.30 bits per heavy atom. The van der Waals surface area contributed by atoms with Crippen molar-refractivity contribution in [1.82, 2.24) is 5.32 Å². The van der Waals surface area contributed by atoms with Crippen molar-refractivity contribution in [3.8, 4) is 0 Å². The maximum atomic E-state index is 12.4. The second-order valence-electron chi connectivity index (χ2n) is 17.8. The van der Waals surface area contributed by atoms with Crippen molar-refractivity contribution < 1.29 is 24.5 Å². The standard InChI is InChI=1S/C55H101NO5/c1-3-5-7-9-11-13-15-16-17-18-22-25-29-33-37-41-45-49-55(60)61-50-46-42-38-34-30-26-23-20-19-21-24-28-32-36-40-44-48-54(59)56-52(51-57)53(58)47-43-39-35-31-27-14-12-10-8-6-4-2/h11,13,16-17,19,21,43,47,52-53,57-58H,3-10,12,14-15,18,20,22-42,44-46,48-51H2,1-2H3,(H,56,59)/b13-11-,17-16-,21-19-,47-43+. The average molecular weight is 856 g/mol. The van der Waals surface area contributed by atoms with Crippen molar-refractivity contribution in [2.45, 2.75) is 276 Å². The summed E-state index contributed by atoms with van der Waals surface area (Å²) < 4.78 is 5.47. The van der Waals surface area contributed by atoms with E-state index < -0.39 is 12.1 Å². The number of nitrogens with one attached hydrogen (secondary N) is 1. The molecule has 3 N–H and O–H groups in total. The molecule has 0 aliphatic heterocycles. The van der Waals surface area contributed by atoms with Gasteiger partial charge in [-0.3, -0.25) is 9.59 Å². The number of allylic oxidation sites excluding steroid dienone is 7. The summed E-state index contributed by atoms with van der Waals surface area (Å²) in [5, 5.41) is 23.0. The summed E-state index contributed by atoms with van der Waals surface area (Å²) in [6, 6.07) is -0.640. The van der Waals surface area contributed by atoms with E-state index in [9.17, 15) is 19.8 Å². The van der Waals surface area contributed by atoms with Crippen LogP contribution in [-0.4, -0.2) is 47.4 Å². The predicted molar refractivity (Wildman–Crippen MR) is 264 cm³/mol. The van der Waals surface area contributed by atoms with Gasteiger partial charge in [0.15, 0.2) is 0 Å². The van der Waals surface area contributed by atoms with Gasteiger partial charge in [-0.25, -0.2) is 0 Å². The number of hydrogen-bond acceptors (Lipinski definition) is 5. The van der Waals surface area contributed by atoms with E-state index >= 15 is 0 Å². The molecule has 2 atom stereocenters. The quantitative estimate of drug-likeness (QED) is 0.0322. The zero-order valence-corrected chi connectivity index (χ0v) is 40.4. The first-order valence-corrected chi connectivity index (χ1v) is 26.4. The highest BCUT2D eigenvalue weighted by atomic mass is 16.5. The number of unbranched alkanes of at least 4 members (excludes halogenated alkanes) is 31. The molecule has 0 aliphatic carbocycles. The minimum atomic E-state index is -0.854. The lowest BCUT2D eigenvalue weighted by molar-refractivity contribution is -0.143. The van der Waals surface area contributed by atoms with Crippen molar-refractivity contribution in [1.29, 1.82) is 0 Å². The number of rotatable bonds is 48. The smallest absolute Gasteiger partial charge is 0.305 e. The van der Waals surface area contributed by atoms with Gasteiger partial charge < -0.3 is 20.3 Å². The molecule has 0 aromatic carbocycles. The van der Waals surface area contributed by atoms with E-state index in [0.29, 0.717) is 19.4 Å². The van der Waals surface area contributed by atoms with Crippen LogP contribution in [0.25, 0.3) is 0 Å². The summed E-state index contributed by atoms with van der Waals surface area (Å²) in [5.41, 5.74) is 0. The van der Waals surface area contributed by atoms with E-state index in [4.69, 9.17) is 4.74 Å². The third-order valence-electron chi connectivity index (χ3n) is 11.8. The summed E-state index contributed by atoms with van der Waals surface area (Å²) >= 11 is 0. The zero-order chi connectivity index (χ0) is 44.4. The van der Waals surface area contributed by atoms with E-state index in [-0.39, 0.29) is 18.5 Å². The summed E-state index contributed by atoms with van der Waals surface area (Å²) in [4.78, 5) is 24.4. The second-order valence-corrected chi connectivity index (χ2v) is 17.8. The van der Waals surface area contributed by atoms with Crippen LogP contribution in [0.2, 0.25) is 0 Å². The van der Waals surface area contributed by atoms with Crippen LogP contribution in [0.1, 0.15) is 264 Å². The fourth-order valence-corrected chi connectivity index (χ4v) is 7.71. The lowest BCUT2D eigenvalue weighted by Crippen LogP contribution is -2.45. The monoisotopic (exact) mass is 856 g/mol. The van der Waals surface area contributed by atoms with Gasteiger partial charge in [0.1, 0.15) is 0 Å². The lowest BCUT2D eigenvalue weighted by atomic mass is 10.1. The number of ether oxygens (including phenoxy) is 1. The number of aliphatic hydroxyl groups is 2. The van der Waals surface area contributed by atoms with Crippen molar-refractivity contribution in [2.75, 3.05) is 13.2 Å². The lowest BCUT2D eigenvalue weighted by Gasteiger charge is -2.20. The topological polar surface area (TPSA) is 95.9 Å². The van der Waals surface area contributed by atoms with Crippen LogP contribution in [0.5, 0.6) is 0 Å². The van der Waals surface area contributed by atoms with Gasteiger partial charge in [0.25, 0.3) is 0 Å². The third-order valence-corrected chi connectivity index (χ3v) is 11.8. The van der Waals surface area contributed by atoms with Crippen molar-refractivity contribution in [3.63, 3.8) is 0 Å². The normalized spacial score (nSPS) is 13.0. The molecule has 6 heteroatoms. The number of hydrogen-bond donors (Lipinski definition) is 3. The van der Waals surface area contributed by atoms with Gasteiger partial charge in [0.2, 0.25) is 5.91 Å². The minimum Gasteiger partial charge on any atom is -0.466 e. The zero-order valence-electron chi connectivity index (χ0n) is 40.4. The largest absolute Gasteiger partial charge is 0.466 e. The fraction of sp³-hybridized carbons (Fsp3) is 0.818. The molecule has 6 nitrogen and oxygen atoms in total. The van der Waals surface area contributed by atoms with Gasteiger partial charge in [-0.1, -0.05) is 210 Å². The molecule has 0 saturated heterocycles. The molecule has 0 heterocycles. The maximum absolute atomic E-state index is 12.4. The predicted octanol–water partition coefficient (Wildman–Crippen LogP) is 15.8. The van der Waals surface area contributed by atoms with Crippen LogP contribution in [0.3, 0.4) is 0 Å². The van der Waals surface area contributed by atoms with Gasteiger partial charge in [-0.15, -0.1) is 0 Å². The Hall–Kier alpha value is -2.18. The van der Waals surface area contributed by atoms with Crippen LogP contribution in [0, 0.1) is 0 Å². The van der Waals surface area contributed by atoms with Gasteiger partial charge in [-0.2, -0.15) is 0 Å². The SMILES string of the molecule is CCCCC/C=C\C/C=C\CCCCCCCCCC(=O)OCCCCCCCCC/C=C\CCCCCCCC(=O)NC(CO)C(O)/C=C/CCCCCCCCCCC. The molecule has 0 spiro atoms. The molecule has 0 bridgehead atoms. The molecule has 0 fully saturated rings. The summed E-state index contributed by atoms with van der Waals surface area (Å²) in [6.45, 7) is 4.83. The fourth-order valence-electron chi connectivity index (χ4n) is 7.71. The highest BCUT2D eigenvalue weighted by molar-refractivity contribution is 5.76. The second kappa shape index (κ2) is 50.5. The van der Waals surface area contributed by atoms with Crippen molar-refractivity contribution in [3.05, 3.63) is 48.6 Å². The number of aliphatic hydroxyl groups excluding tert-OH is 2. The molecule has 1 amide bonds. The van der Waals surface area contributed by atoms with Gasteiger partial charge in [0.05, 0.1) is 25.4 Å². The molecule has 0 saturated carbocycles. The van der Waals surface area contributed by atoms with Crippen LogP contribution in [0.15, 0.2) is 48.6 Å². The summed E-state index contributed by atoms with van der Waals surface area (Å²) in [7, 11) is 0. The Morgan fingerprint density at radius 2 is 0.820 bits per heavy atom. The van der Waals surface area contributed by atoms with E-state index in [0.717, 1.165) is 70.6 Å². The highest BCUT2D eigenvalue weighted by Gasteiger charge is 2.18. The van der Waals surface area contributed by atoms with Crippen molar-refractivity contribution in [2.24, 2.45) is 0 Å². The molecule has 2 unspecified atom stereocenters. The molecule has 0 aromatic rings. The Labute approximate surface area is 378 Å². The third kappa shape index (κ3) is 47.1. The van der Waals surface area contributed by atoms with Crippen LogP contribution in [0.4, 0.5) is 0 Å². The molecular weight excluding hydrogens is 755 g/mol. The summed E-state index contributed by atoms with van der Waals surface area (Å²) in [6.07, 6.45) is 62.6. The van der Waals surface area contributed by atoms with Crippen LogP contribution in [-0.2, 0) is 14.3 Å². The first-order valence-electron chi connectivity index (χ1n) is 26.4. The Kier molecular flexibility index (Phi) is 48.7. The van der Waals surface area contributed by atoms with Gasteiger partial charge in [0, 0.05) is 12.8 Å². The van der Waals surface area contributed by atoms with E-state index in [1.165, 1.54) is 167 Å². The van der Waals surface area contributed by atoms with Gasteiger partial charge in [-0.05, 0) is 89.9 Å². The average Bonchev–Trinajstić information content (AvgIpc) is 3.26. The molecule has 0 aromatic heterocycles. The van der Waals surface area contributed by atoms with E-state index in [2.05, 4.69) is 55.6 Å².